The third-order valence-electron chi connectivity index (χ3n) is 6.02. The van der Waals surface area contributed by atoms with Crippen molar-refractivity contribution in [3.63, 3.8) is 0 Å². The molecule has 0 radical (unpaired) electrons. The number of likely N-dealkylation sites (N-methyl/N-ethyl adjacent to an activating group) is 1. The van der Waals surface area contributed by atoms with Crippen molar-refractivity contribution >= 4 is 23.3 Å². The van der Waals surface area contributed by atoms with E-state index in [1.165, 1.54) is 0 Å². The highest BCUT2D eigenvalue weighted by Crippen LogP contribution is 2.22. The number of pyridine rings is 1. The predicted octanol–water partition coefficient (Wildman–Crippen LogP) is 3.46. The summed E-state index contributed by atoms with van der Waals surface area (Å²) >= 11 is 0. The zero-order valence-electron chi connectivity index (χ0n) is 18.6. The summed E-state index contributed by atoms with van der Waals surface area (Å²) in [6, 6.07) is 11.8. The van der Waals surface area contributed by atoms with Gasteiger partial charge in [0.05, 0.1) is 6.04 Å². The molecule has 166 valence electrons. The normalized spacial score (nSPS) is 18.2. The minimum atomic E-state index is -0.124. The number of nitrogens with zero attached hydrogens (tertiary/aromatic N) is 4. The van der Waals surface area contributed by atoms with Crippen molar-refractivity contribution in [1.82, 2.24) is 14.8 Å². The number of amides is 3. The summed E-state index contributed by atoms with van der Waals surface area (Å²) in [6.45, 7) is 4.10. The molecule has 7 heteroatoms. The average molecular weight is 432 g/mol. The van der Waals surface area contributed by atoms with Gasteiger partial charge in [-0.2, -0.15) is 0 Å². The average Bonchev–Trinajstić information content (AvgIpc) is 2.84. The summed E-state index contributed by atoms with van der Waals surface area (Å²) in [6.07, 6.45) is 10.4. The maximum atomic E-state index is 13.0. The van der Waals surface area contributed by atoms with Crippen LogP contribution in [-0.4, -0.2) is 66.0 Å². The third-order valence-corrected chi connectivity index (χ3v) is 6.02. The van der Waals surface area contributed by atoms with Crippen LogP contribution in [0.25, 0.3) is 0 Å². The Morgan fingerprint density at radius 1 is 1.06 bits per heavy atom. The van der Waals surface area contributed by atoms with Crippen LogP contribution in [0.4, 0.5) is 16.2 Å². The number of hydrogen-bond acceptors (Lipinski definition) is 4. The number of piperazine rings is 1. The third kappa shape index (κ3) is 4.99. The van der Waals surface area contributed by atoms with E-state index < -0.39 is 0 Å². The van der Waals surface area contributed by atoms with Gasteiger partial charge in [-0.3, -0.25) is 9.78 Å². The van der Waals surface area contributed by atoms with Gasteiger partial charge >= 0.3 is 6.03 Å². The molecule has 0 saturated carbocycles. The van der Waals surface area contributed by atoms with E-state index in [0.29, 0.717) is 26.2 Å². The molecule has 2 heterocycles. The lowest BCUT2D eigenvalue weighted by Gasteiger charge is -2.35. The molecule has 1 aromatic carbocycles. The molecule has 1 aliphatic carbocycles. The van der Waals surface area contributed by atoms with E-state index in [2.05, 4.69) is 21.3 Å². The summed E-state index contributed by atoms with van der Waals surface area (Å²) in [5.74, 6) is 0.0324. The fraction of sp³-hybridized carbons (Fsp3) is 0.320. The highest BCUT2D eigenvalue weighted by Gasteiger charge is 2.26. The summed E-state index contributed by atoms with van der Waals surface area (Å²) < 4.78 is 0. The molecule has 1 aliphatic heterocycles. The number of carbonyl (C=O) groups excluding carboxylic acids is 2. The van der Waals surface area contributed by atoms with Crippen LogP contribution >= 0.6 is 0 Å². The Balaban J connectivity index is 1.28. The number of anilines is 2. The monoisotopic (exact) mass is 431 g/mol. The lowest BCUT2D eigenvalue weighted by Crippen LogP contribution is -2.52. The van der Waals surface area contributed by atoms with Crippen LogP contribution in [0, 0.1) is 6.92 Å². The molecule has 4 rings (SSSR count). The molecular weight excluding hydrogens is 402 g/mol. The number of benzene rings is 1. The molecule has 1 N–H and O–H groups in total. The maximum absolute atomic E-state index is 13.0. The van der Waals surface area contributed by atoms with Gasteiger partial charge in [0, 0.05) is 62.6 Å². The lowest BCUT2D eigenvalue weighted by molar-refractivity contribution is -0.128. The minimum absolute atomic E-state index is 0.0324. The topological polar surface area (TPSA) is 68.8 Å². The molecule has 1 unspecified atom stereocenters. The number of hydrogen-bond donors (Lipinski definition) is 1. The Hall–Kier alpha value is -3.61. The Kier molecular flexibility index (Phi) is 6.54. The fourth-order valence-corrected chi connectivity index (χ4v) is 4.05. The van der Waals surface area contributed by atoms with Crippen LogP contribution in [0.3, 0.4) is 0 Å². The number of rotatable bonds is 4. The number of aryl methyl sites for hydroxylation is 1. The van der Waals surface area contributed by atoms with Crippen LogP contribution in [0.15, 0.2) is 72.6 Å². The van der Waals surface area contributed by atoms with E-state index in [4.69, 9.17) is 0 Å². The van der Waals surface area contributed by atoms with Gasteiger partial charge in [0.2, 0.25) is 0 Å². The Morgan fingerprint density at radius 3 is 2.44 bits per heavy atom. The van der Waals surface area contributed by atoms with Crippen molar-refractivity contribution < 1.29 is 9.59 Å². The standard InChI is InChI=1S/C25H29N5O2/c1-19-4-3-5-21(18-19)27-25(32)30-16-14-29(15-17-30)24(31)20-6-8-22(9-7-20)28(2)23-10-12-26-13-11-23/h3-8,10-13,18,22H,9,14-17H2,1-2H3,(H,27,32). The highest BCUT2D eigenvalue weighted by atomic mass is 16.2. The first-order valence-electron chi connectivity index (χ1n) is 10.9. The van der Waals surface area contributed by atoms with Crippen molar-refractivity contribution in [2.75, 3.05) is 43.4 Å². The predicted molar refractivity (Wildman–Crippen MR) is 127 cm³/mol. The fourth-order valence-electron chi connectivity index (χ4n) is 4.05. The second-order valence-corrected chi connectivity index (χ2v) is 8.22. The number of aromatic nitrogens is 1. The summed E-state index contributed by atoms with van der Waals surface area (Å²) in [5.41, 5.74) is 3.71. The first kappa shape index (κ1) is 21.6. The molecule has 3 amide bonds. The second-order valence-electron chi connectivity index (χ2n) is 8.22. The molecule has 0 bridgehead atoms. The van der Waals surface area contributed by atoms with Crippen LogP contribution in [0.2, 0.25) is 0 Å². The van der Waals surface area contributed by atoms with Gasteiger partial charge in [0.25, 0.3) is 5.91 Å². The molecular formula is C25H29N5O2. The summed E-state index contributed by atoms with van der Waals surface area (Å²) in [7, 11) is 2.05. The zero-order valence-corrected chi connectivity index (χ0v) is 18.6. The van der Waals surface area contributed by atoms with Gasteiger partial charge in [0.1, 0.15) is 0 Å². The quantitative estimate of drug-likeness (QED) is 0.805. The van der Waals surface area contributed by atoms with Gasteiger partial charge in [-0.25, -0.2) is 4.79 Å². The second kappa shape index (κ2) is 9.68. The van der Waals surface area contributed by atoms with Crippen LogP contribution < -0.4 is 10.2 Å². The lowest BCUT2D eigenvalue weighted by atomic mass is 10.0. The maximum Gasteiger partial charge on any atom is 0.321 e. The molecule has 1 aromatic heterocycles. The molecule has 2 aliphatic rings. The number of carbonyl (C=O) groups is 2. The van der Waals surface area contributed by atoms with Crippen molar-refractivity contribution in [3.05, 3.63) is 78.2 Å². The van der Waals surface area contributed by atoms with E-state index in [9.17, 15) is 9.59 Å². The molecule has 1 fully saturated rings. The van der Waals surface area contributed by atoms with E-state index in [1.807, 2.05) is 67.4 Å². The molecule has 2 aromatic rings. The van der Waals surface area contributed by atoms with Gasteiger partial charge in [-0.15, -0.1) is 0 Å². The smallest absolute Gasteiger partial charge is 0.321 e. The van der Waals surface area contributed by atoms with Crippen LogP contribution in [-0.2, 0) is 4.79 Å². The van der Waals surface area contributed by atoms with Gasteiger partial charge in [0.15, 0.2) is 0 Å². The van der Waals surface area contributed by atoms with Crippen molar-refractivity contribution in [1.29, 1.82) is 0 Å². The highest BCUT2D eigenvalue weighted by molar-refractivity contribution is 5.97. The Bertz CT molecular complexity index is 1030. The zero-order chi connectivity index (χ0) is 22.5. The summed E-state index contributed by atoms with van der Waals surface area (Å²) in [5, 5.41) is 2.94. The van der Waals surface area contributed by atoms with Crippen molar-refractivity contribution in [2.24, 2.45) is 0 Å². The van der Waals surface area contributed by atoms with Gasteiger partial charge < -0.3 is 20.0 Å². The van der Waals surface area contributed by atoms with Crippen LogP contribution in [0.1, 0.15) is 12.0 Å². The summed E-state index contributed by atoms with van der Waals surface area (Å²) in [4.78, 5) is 35.4. The van der Waals surface area contributed by atoms with E-state index in [-0.39, 0.29) is 18.0 Å². The first-order valence-corrected chi connectivity index (χ1v) is 10.9. The molecule has 1 atom stereocenters. The van der Waals surface area contributed by atoms with Crippen molar-refractivity contribution in [2.45, 2.75) is 19.4 Å². The number of nitrogens with one attached hydrogen (secondary N) is 1. The SMILES string of the molecule is Cc1cccc(NC(=O)N2CCN(C(=O)C3=CCC(N(C)c4ccncc4)C=C3)CC2)c1. The van der Waals surface area contributed by atoms with Gasteiger partial charge in [-0.05, 0) is 43.2 Å². The minimum Gasteiger partial charge on any atom is -0.368 e. The number of urea groups is 1. The molecule has 32 heavy (non-hydrogen) atoms. The van der Waals surface area contributed by atoms with E-state index >= 15 is 0 Å². The van der Waals surface area contributed by atoms with Crippen LogP contribution in [0.5, 0.6) is 0 Å². The molecule has 1 saturated heterocycles. The largest absolute Gasteiger partial charge is 0.368 e. The van der Waals surface area contributed by atoms with E-state index in [0.717, 1.165) is 28.9 Å². The molecule has 7 nitrogen and oxygen atoms in total. The molecule has 0 spiro atoms. The Labute approximate surface area is 189 Å². The van der Waals surface area contributed by atoms with E-state index in [1.54, 1.807) is 17.3 Å². The van der Waals surface area contributed by atoms with Gasteiger partial charge in [-0.1, -0.05) is 30.4 Å². The first-order chi connectivity index (χ1) is 15.5. The van der Waals surface area contributed by atoms with Crippen molar-refractivity contribution in [3.8, 4) is 0 Å². The Morgan fingerprint density at radius 2 is 1.78 bits per heavy atom.